The molecule has 0 radical (unpaired) electrons. The molecule has 9 nitrogen and oxygen atoms in total. The van der Waals surface area contributed by atoms with Gasteiger partial charge in [-0.3, -0.25) is 9.59 Å². The molecular formula is C10H14O9. The van der Waals surface area contributed by atoms with Gasteiger partial charge in [0.1, 0.15) is 5.41 Å². The minimum atomic E-state index is -2.60. The van der Waals surface area contributed by atoms with E-state index in [4.69, 9.17) is 15.3 Å². The van der Waals surface area contributed by atoms with E-state index in [0.717, 1.165) is 0 Å². The Labute approximate surface area is 106 Å². The van der Waals surface area contributed by atoms with Crippen LogP contribution < -0.4 is 0 Å². The van der Waals surface area contributed by atoms with Gasteiger partial charge in [0.2, 0.25) is 0 Å². The van der Waals surface area contributed by atoms with E-state index in [1.54, 1.807) is 0 Å². The topological polar surface area (TPSA) is 173 Å². The number of hydrogen-bond donors (Lipinski definition) is 6. The fourth-order valence-corrected chi connectivity index (χ4v) is 2.40. The number of aliphatic hydroxyl groups is 3. The van der Waals surface area contributed by atoms with E-state index in [-0.39, 0.29) is 0 Å². The van der Waals surface area contributed by atoms with E-state index in [1.165, 1.54) is 0 Å². The zero-order chi connectivity index (χ0) is 15.0. The highest BCUT2D eigenvalue weighted by atomic mass is 16.4. The molecule has 0 aromatic heterocycles. The maximum atomic E-state index is 11.2. The molecule has 0 heterocycles. The summed E-state index contributed by atoms with van der Waals surface area (Å²) in [6, 6.07) is 0. The molecule has 0 saturated heterocycles. The molecule has 0 aromatic rings. The Kier molecular flexibility index (Phi) is 3.84. The number of carboxylic acid groups (broad SMARTS) is 3. The Balaban J connectivity index is 3.29. The van der Waals surface area contributed by atoms with Gasteiger partial charge in [-0.15, -0.1) is 0 Å². The summed E-state index contributed by atoms with van der Waals surface area (Å²) in [5.74, 6) is -5.17. The monoisotopic (exact) mass is 278 g/mol. The summed E-state index contributed by atoms with van der Waals surface area (Å²) in [6.45, 7) is 0. The van der Waals surface area contributed by atoms with Crippen molar-refractivity contribution in [1.82, 2.24) is 0 Å². The lowest BCUT2D eigenvalue weighted by molar-refractivity contribution is -0.207. The van der Waals surface area contributed by atoms with Gasteiger partial charge in [-0.05, 0) is 0 Å². The third kappa shape index (κ3) is 2.53. The highest BCUT2D eigenvalue weighted by molar-refractivity contribution is 5.85. The van der Waals surface area contributed by atoms with Crippen molar-refractivity contribution >= 4 is 17.9 Å². The van der Waals surface area contributed by atoms with Crippen molar-refractivity contribution in [3.05, 3.63) is 0 Å². The minimum absolute atomic E-state index is 0.780. The van der Waals surface area contributed by atoms with Crippen LogP contribution in [0.1, 0.15) is 19.3 Å². The van der Waals surface area contributed by atoms with Crippen LogP contribution in [0.4, 0.5) is 0 Å². The lowest BCUT2D eigenvalue weighted by Gasteiger charge is -2.45. The van der Waals surface area contributed by atoms with Gasteiger partial charge in [0, 0.05) is 12.8 Å². The highest BCUT2D eigenvalue weighted by Crippen LogP contribution is 2.45. The van der Waals surface area contributed by atoms with Gasteiger partial charge in [0.05, 0.1) is 18.6 Å². The van der Waals surface area contributed by atoms with E-state index < -0.39 is 60.4 Å². The van der Waals surface area contributed by atoms with Crippen LogP contribution in [0.5, 0.6) is 0 Å². The van der Waals surface area contributed by atoms with Gasteiger partial charge in [-0.2, -0.15) is 0 Å². The molecule has 0 unspecified atom stereocenters. The molecule has 1 rings (SSSR count). The molecule has 19 heavy (non-hydrogen) atoms. The van der Waals surface area contributed by atoms with Crippen molar-refractivity contribution in [2.75, 3.05) is 0 Å². The molecule has 1 saturated carbocycles. The maximum Gasteiger partial charge on any atom is 0.335 e. The molecule has 1 fully saturated rings. The largest absolute Gasteiger partial charge is 0.481 e. The Morgan fingerprint density at radius 3 is 1.95 bits per heavy atom. The molecule has 9 heteroatoms. The first-order valence-electron chi connectivity index (χ1n) is 5.32. The number of aliphatic hydroxyl groups excluding tert-OH is 2. The molecular weight excluding hydrogens is 264 g/mol. The zero-order valence-electron chi connectivity index (χ0n) is 9.68. The second-order valence-corrected chi connectivity index (χ2v) is 4.76. The molecule has 108 valence electrons. The van der Waals surface area contributed by atoms with Crippen LogP contribution in [0, 0.1) is 5.41 Å². The van der Waals surface area contributed by atoms with Crippen LogP contribution in [0.15, 0.2) is 0 Å². The van der Waals surface area contributed by atoms with Crippen molar-refractivity contribution in [2.24, 2.45) is 5.41 Å². The molecule has 1 aliphatic carbocycles. The quantitative estimate of drug-likeness (QED) is 0.335. The van der Waals surface area contributed by atoms with Crippen LogP contribution in [0.3, 0.4) is 0 Å². The molecule has 0 aromatic carbocycles. The van der Waals surface area contributed by atoms with Gasteiger partial charge in [-0.1, -0.05) is 0 Å². The molecule has 0 spiro atoms. The van der Waals surface area contributed by atoms with E-state index in [2.05, 4.69) is 0 Å². The van der Waals surface area contributed by atoms with Crippen LogP contribution in [0.25, 0.3) is 0 Å². The van der Waals surface area contributed by atoms with Gasteiger partial charge >= 0.3 is 17.9 Å². The second kappa shape index (κ2) is 4.76. The summed E-state index contributed by atoms with van der Waals surface area (Å²) >= 11 is 0. The molecule has 0 bridgehead atoms. The Hall–Kier alpha value is -1.71. The van der Waals surface area contributed by atoms with Crippen molar-refractivity contribution in [2.45, 2.75) is 37.1 Å². The van der Waals surface area contributed by atoms with Crippen LogP contribution in [-0.2, 0) is 14.4 Å². The summed E-state index contributed by atoms with van der Waals surface area (Å²) < 4.78 is 0. The van der Waals surface area contributed by atoms with Crippen molar-refractivity contribution in [3.8, 4) is 0 Å². The van der Waals surface area contributed by atoms with Crippen molar-refractivity contribution < 1.29 is 45.0 Å². The Bertz CT molecular complexity index is 419. The number of aliphatic carboxylic acids is 3. The van der Waals surface area contributed by atoms with Crippen molar-refractivity contribution in [1.29, 1.82) is 0 Å². The predicted molar refractivity (Wildman–Crippen MR) is 56.2 cm³/mol. The third-order valence-electron chi connectivity index (χ3n) is 3.38. The van der Waals surface area contributed by atoms with Crippen LogP contribution >= 0.6 is 0 Å². The molecule has 1 aliphatic rings. The van der Waals surface area contributed by atoms with E-state index in [9.17, 15) is 29.7 Å². The lowest BCUT2D eigenvalue weighted by Crippen LogP contribution is -2.62. The van der Waals surface area contributed by atoms with Gasteiger partial charge in [0.25, 0.3) is 0 Å². The normalized spacial score (nSPS) is 38.7. The fraction of sp³-hybridized carbons (Fsp3) is 0.700. The van der Waals surface area contributed by atoms with Crippen LogP contribution in [0.2, 0.25) is 0 Å². The number of hydrogen-bond acceptors (Lipinski definition) is 6. The summed E-state index contributed by atoms with van der Waals surface area (Å²) in [7, 11) is 0. The predicted octanol–water partition coefficient (Wildman–Crippen LogP) is -2.14. The standard InChI is InChI=1S/C10H14O9/c11-4-1-10(19,8(17)18)3-9(6(4)14,7(15)16)2-5(12)13/h4,6,11,14,19H,1-3H2,(H,12,13)(H,15,16)(H,17,18)/t4-,6+,9-,10-/m1/s1. The van der Waals surface area contributed by atoms with Gasteiger partial charge < -0.3 is 30.6 Å². The average molecular weight is 278 g/mol. The average Bonchev–Trinajstić information content (AvgIpc) is 2.24. The Morgan fingerprint density at radius 1 is 1.05 bits per heavy atom. The van der Waals surface area contributed by atoms with E-state index in [0.29, 0.717) is 0 Å². The van der Waals surface area contributed by atoms with Crippen LogP contribution in [-0.4, -0.2) is 66.4 Å². The summed E-state index contributed by atoms with van der Waals surface area (Å²) in [5.41, 5.74) is -5.07. The summed E-state index contributed by atoms with van der Waals surface area (Å²) in [5, 5.41) is 55.7. The molecule has 0 aliphatic heterocycles. The first-order valence-corrected chi connectivity index (χ1v) is 5.32. The highest BCUT2D eigenvalue weighted by Gasteiger charge is 2.61. The maximum absolute atomic E-state index is 11.2. The SMILES string of the molecule is O=C(O)C[C@@]1(C(=O)O)C[C@@](O)(C(=O)O)C[C@@H](O)[C@@H]1O. The van der Waals surface area contributed by atoms with Gasteiger partial charge in [0.15, 0.2) is 5.60 Å². The van der Waals surface area contributed by atoms with E-state index >= 15 is 0 Å². The molecule has 6 N–H and O–H groups in total. The number of carbonyl (C=O) groups is 3. The van der Waals surface area contributed by atoms with E-state index in [1.807, 2.05) is 0 Å². The smallest absolute Gasteiger partial charge is 0.335 e. The lowest BCUT2D eigenvalue weighted by atomic mass is 9.63. The zero-order valence-corrected chi connectivity index (χ0v) is 9.68. The minimum Gasteiger partial charge on any atom is -0.481 e. The Morgan fingerprint density at radius 2 is 1.58 bits per heavy atom. The fourth-order valence-electron chi connectivity index (χ4n) is 2.40. The second-order valence-electron chi connectivity index (χ2n) is 4.76. The molecule has 0 amide bonds. The first-order chi connectivity index (χ1) is 8.55. The van der Waals surface area contributed by atoms with Crippen molar-refractivity contribution in [3.63, 3.8) is 0 Å². The first kappa shape index (κ1) is 15.3. The number of carboxylic acids is 3. The number of rotatable bonds is 4. The summed E-state index contributed by atoms with van der Waals surface area (Å²) in [6.07, 6.45) is -6.74. The molecule has 4 atom stereocenters. The summed E-state index contributed by atoms with van der Waals surface area (Å²) in [4.78, 5) is 32.9. The third-order valence-corrected chi connectivity index (χ3v) is 3.38. The van der Waals surface area contributed by atoms with Gasteiger partial charge in [-0.25, -0.2) is 4.79 Å².